The van der Waals surface area contributed by atoms with Crippen LogP contribution >= 0.6 is 0 Å². The monoisotopic (exact) mass is 265 g/mol. The van der Waals surface area contributed by atoms with E-state index in [1.807, 2.05) is 7.05 Å². The molecule has 0 radical (unpaired) electrons. The van der Waals surface area contributed by atoms with Crippen LogP contribution in [0.2, 0.25) is 0 Å². The van der Waals surface area contributed by atoms with Crippen molar-refractivity contribution < 1.29 is 0 Å². The van der Waals surface area contributed by atoms with Gasteiger partial charge in [0, 0.05) is 46.3 Å². The Hall–Kier alpha value is -1.63. The third-order valence-corrected chi connectivity index (χ3v) is 3.28. The molecule has 0 aromatic carbocycles. The van der Waals surface area contributed by atoms with Gasteiger partial charge >= 0.3 is 0 Å². The lowest BCUT2D eigenvalue weighted by molar-refractivity contribution is 0.578. The zero-order valence-electron chi connectivity index (χ0n) is 12.0. The summed E-state index contributed by atoms with van der Waals surface area (Å²) in [4.78, 5) is 17.8. The Kier molecular flexibility index (Phi) is 4.73. The minimum atomic E-state index is 0.630. The molecule has 1 aliphatic rings. The van der Waals surface area contributed by atoms with Crippen molar-refractivity contribution in [3.05, 3.63) is 0 Å². The highest BCUT2D eigenvalue weighted by atomic mass is 15.4. The molecule has 0 unspecified atom stereocenters. The minimum Gasteiger partial charge on any atom is -0.357 e. The van der Waals surface area contributed by atoms with Crippen LogP contribution in [-0.2, 0) is 0 Å². The first-order chi connectivity index (χ1) is 9.28. The van der Waals surface area contributed by atoms with Crippen LogP contribution in [0.25, 0.3) is 0 Å². The van der Waals surface area contributed by atoms with E-state index < -0.39 is 0 Å². The van der Waals surface area contributed by atoms with Crippen molar-refractivity contribution in [2.75, 3.05) is 61.4 Å². The first-order valence-corrected chi connectivity index (χ1v) is 6.93. The Morgan fingerprint density at radius 1 is 1.16 bits per heavy atom. The lowest BCUT2D eigenvalue weighted by atomic mass is 10.4. The third kappa shape index (κ3) is 3.23. The molecule has 1 aromatic heterocycles. The van der Waals surface area contributed by atoms with Crippen LogP contribution in [0.4, 0.5) is 17.8 Å². The largest absolute Gasteiger partial charge is 0.357 e. The summed E-state index contributed by atoms with van der Waals surface area (Å²) in [5.41, 5.74) is 0. The maximum absolute atomic E-state index is 4.61. The highest BCUT2D eigenvalue weighted by Crippen LogP contribution is 2.16. The summed E-state index contributed by atoms with van der Waals surface area (Å²) in [6, 6.07) is 0. The Balaban J connectivity index is 2.29. The smallest absolute Gasteiger partial charge is 0.232 e. The number of nitrogens with one attached hydrogen (secondary N) is 2. The zero-order chi connectivity index (χ0) is 13.7. The van der Waals surface area contributed by atoms with Crippen LogP contribution in [0, 0.1) is 0 Å². The normalized spacial score (nSPS) is 15.4. The number of anilines is 3. The van der Waals surface area contributed by atoms with Gasteiger partial charge in [-0.15, -0.1) is 0 Å². The fourth-order valence-corrected chi connectivity index (χ4v) is 2.12. The zero-order valence-corrected chi connectivity index (χ0v) is 12.0. The predicted molar refractivity (Wildman–Crippen MR) is 78.0 cm³/mol. The summed E-state index contributed by atoms with van der Waals surface area (Å²) < 4.78 is 0. The fraction of sp³-hybridized carbons (Fsp3) is 0.750. The molecule has 0 bridgehead atoms. The SMILES string of the molecule is CCN(CC)c1nc(NC)nc(N2CCNCC2)n1. The van der Waals surface area contributed by atoms with Gasteiger partial charge in [0.2, 0.25) is 17.8 Å². The summed E-state index contributed by atoms with van der Waals surface area (Å²) in [5, 5.41) is 6.35. The average molecular weight is 265 g/mol. The van der Waals surface area contributed by atoms with Crippen molar-refractivity contribution in [1.82, 2.24) is 20.3 Å². The van der Waals surface area contributed by atoms with Gasteiger partial charge in [-0.25, -0.2) is 0 Å². The molecule has 1 fully saturated rings. The predicted octanol–water partition coefficient (Wildman–Crippen LogP) is 0.169. The lowest BCUT2D eigenvalue weighted by Crippen LogP contribution is -2.44. The van der Waals surface area contributed by atoms with Crippen molar-refractivity contribution in [2.45, 2.75) is 13.8 Å². The average Bonchev–Trinajstić information content (AvgIpc) is 2.49. The van der Waals surface area contributed by atoms with Gasteiger partial charge in [-0.1, -0.05) is 0 Å². The molecule has 2 rings (SSSR count). The number of hydrogen-bond donors (Lipinski definition) is 2. The minimum absolute atomic E-state index is 0.630. The van der Waals surface area contributed by atoms with Crippen molar-refractivity contribution in [1.29, 1.82) is 0 Å². The molecule has 2 heterocycles. The maximum Gasteiger partial charge on any atom is 0.232 e. The Labute approximate surface area is 114 Å². The highest BCUT2D eigenvalue weighted by Gasteiger charge is 2.17. The molecular weight excluding hydrogens is 242 g/mol. The Morgan fingerprint density at radius 2 is 1.84 bits per heavy atom. The maximum atomic E-state index is 4.61. The van der Waals surface area contributed by atoms with Crippen molar-refractivity contribution >= 4 is 17.8 Å². The van der Waals surface area contributed by atoms with Gasteiger partial charge in [0.25, 0.3) is 0 Å². The number of nitrogens with zero attached hydrogens (tertiary/aromatic N) is 5. The summed E-state index contributed by atoms with van der Waals surface area (Å²) in [6.07, 6.45) is 0. The lowest BCUT2D eigenvalue weighted by Gasteiger charge is -2.28. The van der Waals surface area contributed by atoms with Crippen LogP contribution in [0.3, 0.4) is 0 Å². The van der Waals surface area contributed by atoms with Crippen LogP contribution in [0.5, 0.6) is 0 Å². The van der Waals surface area contributed by atoms with E-state index in [1.54, 1.807) is 0 Å². The summed E-state index contributed by atoms with van der Waals surface area (Å²) in [7, 11) is 1.84. The van der Waals surface area contributed by atoms with Gasteiger partial charge in [-0.3, -0.25) is 0 Å². The molecule has 106 valence electrons. The number of rotatable bonds is 5. The van der Waals surface area contributed by atoms with Gasteiger partial charge < -0.3 is 20.4 Å². The standard InChI is InChI=1S/C12H23N7/c1-4-18(5-2)11-15-10(13-3)16-12(17-11)19-8-6-14-7-9-19/h14H,4-9H2,1-3H3,(H,13,15,16,17). The second-order valence-corrected chi connectivity index (χ2v) is 4.42. The highest BCUT2D eigenvalue weighted by molar-refractivity contribution is 5.45. The van der Waals surface area contributed by atoms with Gasteiger partial charge in [-0.05, 0) is 13.8 Å². The molecule has 1 aromatic rings. The topological polar surface area (TPSA) is 69.2 Å². The van der Waals surface area contributed by atoms with E-state index in [4.69, 9.17) is 0 Å². The molecule has 0 spiro atoms. The quantitative estimate of drug-likeness (QED) is 0.786. The first-order valence-electron chi connectivity index (χ1n) is 6.93. The Morgan fingerprint density at radius 3 is 2.42 bits per heavy atom. The second-order valence-electron chi connectivity index (χ2n) is 4.42. The van der Waals surface area contributed by atoms with E-state index in [2.05, 4.69) is 49.2 Å². The molecule has 0 atom stereocenters. The van der Waals surface area contributed by atoms with E-state index >= 15 is 0 Å². The molecular formula is C12H23N7. The van der Waals surface area contributed by atoms with E-state index in [0.29, 0.717) is 5.95 Å². The van der Waals surface area contributed by atoms with Crippen LogP contribution in [0.1, 0.15) is 13.8 Å². The Bertz CT molecular complexity index is 399. The molecule has 2 N–H and O–H groups in total. The van der Waals surface area contributed by atoms with Gasteiger partial charge in [0.1, 0.15) is 0 Å². The van der Waals surface area contributed by atoms with Crippen molar-refractivity contribution in [2.24, 2.45) is 0 Å². The first kappa shape index (κ1) is 13.8. The van der Waals surface area contributed by atoms with E-state index in [0.717, 1.165) is 51.2 Å². The fourth-order valence-electron chi connectivity index (χ4n) is 2.12. The van der Waals surface area contributed by atoms with Crippen LogP contribution in [0.15, 0.2) is 0 Å². The summed E-state index contributed by atoms with van der Waals surface area (Å²) in [5.74, 6) is 2.14. The second kappa shape index (κ2) is 6.51. The number of hydrogen-bond acceptors (Lipinski definition) is 7. The molecule has 7 nitrogen and oxygen atoms in total. The molecule has 0 amide bonds. The van der Waals surface area contributed by atoms with Gasteiger partial charge in [-0.2, -0.15) is 15.0 Å². The van der Waals surface area contributed by atoms with Gasteiger partial charge in [0.05, 0.1) is 0 Å². The summed E-state index contributed by atoms with van der Waals surface area (Å²) >= 11 is 0. The van der Waals surface area contributed by atoms with E-state index in [1.165, 1.54) is 0 Å². The number of aromatic nitrogens is 3. The van der Waals surface area contributed by atoms with Crippen molar-refractivity contribution in [3.63, 3.8) is 0 Å². The van der Waals surface area contributed by atoms with E-state index in [-0.39, 0.29) is 0 Å². The van der Waals surface area contributed by atoms with Gasteiger partial charge in [0.15, 0.2) is 0 Å². The molecule has 7 heteroatoms. The molecule has 0 aliphatic carbocycles. The van der Waals surface area contributed by atoms with Crippen LogP contribution in [-0.4, -0.2) is 61.3 Å². The molecule has 1 saturated heterocycles. The van der Waals surface area contributed by atoms with Crippen molar-refractivity contribution in [3.8, 4) is 0 Å². The van der Waals surface area contributed by atoms with E-state index in [9.17, 15) is 0 Å². The molecule has 19 heavy (non-hydrogen) atoms. The number of piperazine rings is 1. The summed E-state index contributed by atoms with van der Waals surface area (Å²) in [6.45, 7) is 9.82. The molecule has 1 aliphatic heterocycles. The van der Waals surface area contributed by atoms with Crippen LogP contribution < -0.4 is 20.4 Å². The third-order valence-electron chi connectivity index (χ3n) is 3.28. The molecule has 0 saturated carbocycles.